The molecule has 0 saturated carbocycles. The number of nitrogens with zero attached hydrogens (tertiary/aromatic N) is 4. The van der Waals surface area contributed by atoms with Crippen molar-refractivity contribution in [1.82, 2.24) is 19.6 Å². The second-order valence-corrected chi connectivity index (χ2v) is 9.22. The van der Waals surface area contributed by atoms with Crippen LogP contribution in [0.4, 0.5) is 14.9 Å². The molecule has 4 rings (SSSR count). The zero-order chi connectivity index (χ0) is 23.2. The van der Waals surface area contributed by atoms with E-state index in [4.69, 9.17) is 0 Å². The second kappa shape index (κ2) is 8.67. The number of carbonyl (C=O) groups is 2. The van der Waals surface area contributed by atoms with Gasteiger partial charge in [-0.2, -0.15) is 5.10 Å². The number of rotatable bonds is 3. The Hall–Kier alpha value is -2.72. The average molecular weight is 506 g/mol. The Kier molecular flexibility index (Phi) is 6.09. The van der Waals surface area contributed by atoms with Crippen LogP contribution in [0, 0.1) is 11.7 Å². The first-order valence-electron chi connectivity index (χ1n) is 10.4. The molecule has 32 heavy (non-hydrogen) atoms. The van der Waals surface area contributed by atoms with Gasteiger partial charge in [0, 0.05) is 49.8 Å². The van der Waals surface area contributed by atoms with Gasteiger partial charge in [-0.15, -0.1) is 6.58 Å². The van der Waals surface area contributed by atoms with Gasteiger partial charge in [-0.3, -0.25) is 9.48 Å². The molecule has 1 aromatic heterocycles. The topological polar surface area (TPSA) is 90.7 Å². The van der Waals surface area contributed by atoms with Crippen LogP contribution in [0.25, 0.3) is 0 Å². The number of nitrogens with one attached hydrogen (secondary N) is 1. The molecule has 0 fully saturated rings. The molecular weight excluding hydrogens is 481 g/mol. The summed E-state index contributed by atoms with van der Waals surface area (Å²) in [7, 11) is 1.70. The number of carbonyl (C=O) groups excluding carboxylic acids is 2. The van der Waals surface area contributed by atoms with E-state index < -0.39 is 11.9 Å². The summed E-state index contributed by atoms with van der Waals surface area (Å²) >= 11 is 3.12. The van der Waals surface area contributed by atoms with Gasteiger partial charge >= 0.3 is 6.03 Å². The Morgan fingerprint density at radius 3 is 2.88 bits per heavy atom. The third-order valence-electron chi connectivity index (χ3n) is 6.10. The Morgan fingerprint density at radius 1 is 1.44 bits per heavy atom. The molecule has 2 N–H and O–H groups in total. The maximum Gasteiger partial charge on any atom is 0.322 e. The first-order chi connectivity index (χ1) is 15.2. The number of fused-ring (bicyclic) bond motifs is 3. The van der Waals surface area contributed by atoms with E-state index in [2.05, 4.69) is 32.9 Å². The van der Waals surface area contributed by atoms with E-state index in [0.29, 0.717) is 30.9 Å². The molecule has 1 unspecified atom stereocenters. The van der Waals surface area contributed by atoms with Crippen molar-refractivity contribution in [2.75, 3.05) is 18.9 Å². The number of aromatic nitrogens is 2. The van der Waals surface area contributed by atoms with E-state index in [1.165, 1.54) is 24.3 Å². The van der Waals surface area contributed by atoms with E-state index >= 15 is 0 Å². The monoisotopic (exact) mass is 505 g/mol. The number of aliphatic hydroxyl groups excluding tert-OH is 1. The Morgan fingerprint density at radius 2 is 2.19 bits per heavy atom. The number of urea groups is 1. The number of hydrogen-bond acceptors (Lipinski definition) is 4. The molecule has 170 valence electrons. The summed E-state index contributed by atoms with van der Waals surface area (Å²) in [5, 5.41) is 17.8. The van der Waals surface area contributed by atoms with Crippen molar-refractivity contribution in [3.05, 3.63) is 58.1 Å². The molecule has 0 saturated heterocycles. The van der Waals surface area contributed by atoms with Crippen molar-refractivity contribution >= 4 is 33.6 Å². The fourth-order valence-electron chi connectivity index (χ4n) is 4.31. The zero-order valence-electron chi connectivity index (χ0n) is 17.9. The van der Waals surface area contributed by atoms with Crippen molar-refractivity contribution < 1.29 is 19.1 Å². The first kappa shape index (κ1) is 22.5. The molecule has 2 aromatic rings. The fourth-order valence-corrected chi connectivity index (χ4v) is 4.69. The van der Waals surface area contributed by atoms with Gasteiger partial charge in [0.15, 0.2) is 0 Å². The fraction of sp³-hybridized carbons (Fsp3) is 0.409. The predicted octanol–water partition coefficient (Wildman–Crippen LogP) is 3.01. The number of amides is 3. The summed E-state index contributed by atoms with van der Waals surface area (Å²) in [6, 6.07) is 3.79. The van der Waals surface area contributed by atoms with E-state index in [-0.39, 0.29) is 34.9 Å². The molecule has 0 spiro atoms. The highest BCUT2D eigenvalue weighted by Gasteiger charge is 2.37. The van der Waals surface area contributed by atoms with Crippen LogP contribution in [0.1, 0.15) is 28.7 Å². The van der Waals surface area contributed by atoms with Crippen molar-refractivity contribution in [2.24, 2.45) is 5.92 Å². The molecule has 8 nitrogen and oxygen atoms in total. The standard InChI is InChI=1S/C22H25BrFN5O3/c1-4-19(30)13-9-27(3)21(31)20-15-11-28(12(2)7-18(15)26-29(20)10-13)22(32)25-14-5-6-17(24)16(23)8-14/h4-6,8,12-13,19,30H,1,7,9-11H2,2-3H3,(H,25,32)/t12-,13-,19?/m1/s1. The lowest BCUT2D eigenvalue weighted by atomic mass is 9.99. The maximum absolute atomic E-state index is 13.5. The number of aliphatic hydroxyl groups is 1. The number of hydrogen-bond donors (Lipinski definition) is 2. The van der Waals surface area contributed by atoms with Gasteiger partial charge in [0.2, 0.25) is 0 Å². The summed E-state index contributed by atoms with van der Waals surface area (Å²) in [5.41, 5.74) is 2.43. The van der Waals surface area contributed by atoms with Gasteiger partial charge in [-0.25, -0.2) is 9.18 Å². The SMILES string of the molecule is C=CC(O)[C@@H]1CN(C)C(=O)c2c3c(nn2C1)C[C@@H](C)N(C(=O)Nc1ccc(F)c(Br)c1)C3. The summed E-state index contributed by atoms with van der Waals surface area (Å²) in [6.07, 6.45) is 1.22. The normalized spacial score (nSPS) is 21.5. The van der Waals surface area contributed by atoms with Crippen molar-refractivity contribution in [3.8, 4) is 0 Å². The minimum absolute atomic E-state index is 0.145. The van der Waals surface area contributed by atoms with Gasteiger partial charge in [-0.05, 0) is 41.1 Å². The van der Waals surface area contributed by atoms with Crippen LogP contribution >= 0.6 is 15.9 Å². The van der Waals surface area contributed by atoms with Crippen molar-refractivity contribution in [3.63, 3.8) is 0 Å². The molecule has 2 aliphatic rings. The minimum atomic E-state index is -0.756. The van der Waals surface area contributed by atoms with Gasteiger partial charge in [-0.1, -0.05) is 6.08 Å². The quantitative estimate of drug-likeness (QED) is 0.627. The first-order valence-corrected chi connectivity index (χ1v) is 11.2. The van der Waals surface area contributed by atoms with Crippen molar-refractivity contribution in [2.45, 2.75) is 38.6 Å². The molecule has 2 aliphatic heterocycles. The lowest BCUT2D eigenvalue weighted by Crippen LogP contribution is -2.45. The number of halogens is 2. The van der Waals surface area contributed by atoms with Crippen LogP contribution < -0.4 is 5.32 Å². The van der Waals surface area contributed by atoms with Gasteiger partial charge in [0.25, 0.3) is 5.91 Å². The molecule has 0 bridgehead atoms. The maximum atomic E-state index is 13.5. The summed E-state index contributed by atoms with van der Waals surface area (Å²) in [5.74, 6) is -0.822. The van der Waals surface area contributed by atoms with Crippen molar-refractivity contribution in [1.29, 1.82) is 0 Å². The van der Waals surface area contributed by atoms with Gasteiger partial charge < -0.3 is 20.2 Å². The average Bonchev–Trinajstić information content (AvgIpc) is 3.04. The van der Waals surface area contributed by atoms with Gasteiger partial charge in [0.05, 0.1) is 22.8 Å². The number of benzene rings is 1. The molecule has 0 radical (unpaired) electrons. The van der Waals surface area contributed by atoms with Gasteiger partial charge in [0.1, 0.15) is 11.5 Å². The zero-order valence-corrected chi connectivity index (χ0v) is 19.5. The highest BCUT2D eigenvalue weighted by atomic mass is 79.9. The van der Waals surface area contributed by atoms with Crippen LogP contribution in [-0.2, 0) is 19.5 Å². The van der Waals surface area contributed by atoms with E-state index in [0.717, 1.165) is 11.3 Å². The van der Waals surface area contributed by atoms with E-state index in [1.807, 2.05) is 6.92 Å². The molecule has 0 aliphatic carbocycles. The third-order valence-corrected chi connectivity index (χ3v) is 6.71. The molecule has 10 heteroatoms. The largest absolute Gasteiger partial charge is 0.389 e. The second-order valence-electron chi connectivity index (χ2n) is 8.37. The highest BCUT2D eigenvalue weighted by Crippen LogP contribution is 2.30. The third kappa shape index (κ3) is 4.04. The van der Waals surface area contributed by atoms with Crippen LogP contribution in [-0.4, -0.2) is 62.4 Å². The lowest BCUT2D eigenvalue weighted by molar-refractivity contribution is 0.0724. The van der Waals surface area contributed by atoms with Crippen LogP contribution in [0.15, 0.2) is 35.3 Å². The van der Waals surface area contributed by atoms with E-state index in [9.17, 15) is 19.1 Å². The Balaban J connectivity index is 1.62. The molecule has 3 amide bonds. The van der Waals surface area contributed by atoms with E-state index in [1.54, 1.807) is 21.5 Å². The summed E-state index contributed by atoms with van der Waals surface area (Å²) in [6.45, 7) is 6.57. The Bertz CT molecular complexity index is 1090. The highest BCUT2D eigenvalue weighted by molar-refractivity contribution is 9.10. The smallest absolute Gasteiger partial charge is 0.322 e. The number of anilines is 1. The Labute approximate surface area is 193 Å². The summed E-state index contributed by atoms with van der Waals surface area (Å²) < 4.78 is 15.4. The van der Waals surface area contributed by atoms with Crippen LogP contribution in [0.5, 0.6) is 0 Å². The van der Waals surface area contributed by atoms with Crippen LogP contribution in [0.3, 0.4) is 0 Å². The predicted molar refractivity (Wildman–Crippen MR) is 121 cm³/mol. The minimum Gasteiger partial charge on any atom is -0.389 e. The summed E-state index contributed by atoms with van der Waals surface area (Å²) in [4.78, 5) is 29.4. The lowest BCUT2D eigenvalue weighted by Gasteiger charge is -2.33. The van der Waals surface area contributed by atoms with Crippen LogP contribution in [0.2, 0.25) is 0 Å². The molecule has 3 atom stereocenters. The molecule has 1 aromatic carbocycles. The molecular formula is C22H25BrFN5O3. The molecule has 3 heterocycles.